The van der Waals surface area contributed by atoms with Crippen LogP contribution in [0.5, 0.6) is 0 Å². The maximum Gasteiger partial charge on any atom is 1.00 e. The van der Waals surface area contributed by atoms with Gasteiger partial charge in [-0.1, -0.05) is 12.5 Å². The van der Waals surface area contributed by atoms with Crippen molar-refractivity contribution in [2.75, 3.05) is 0 Å². The van der Waals surface area contributed by atoms with E-state index < -0.39 is 0 Å². The van der Waals surface area contributed by atoms with E-state index in [0.29, 0.717) is 0 Å². The van der Waals surface area contributed by atoms with Crippen molar-refractivity contribution in [1.29, 1.82) is 0 Å². The summed E-state index contributed by atoms with van der Waals surface area (Å²) in [6.45, 7) is 7.25. The Kier molecular flexibility index (Phi) is 14.5. The Labute approximate surface area is 61.5 Å². The molecule has 0 unspecified atom stereocenters. The van der Waals surface area contributed by atoms with Crippen LogP contribution < -0.4 is 0 Å². The molecule has 0 spiro atoms. The van der Waals surface area contributed by atoms with Crippen LogP contribution in [0.4, 0.5) is 0 Å². The quantitative estimate of drug-likeness (QED) is 0.322. The van der Waals surface area contributed by atoms with Gasteiger partial charge in [-0.2, -0.15) is 6.42 Å². The second-order valence-corrected chi connectivity index (χ2v) is 1.28. The predicted octanol–water partition coefficient (Wildman–Crippen LogP) is 2.17. The van der Waals surface area contributed by atoms with Gasteiger partial charge < -0.3 is 6.92 Å². The molecule has 1 heteroatoms. The Morgan fingerprint density at radius 1 is 1.57 bits per heavy atom. The van der Waals surface area contributed by atoms with Gasteiger partial charge in [-0.05, 0) is 6.42 Å². The Balaban J connectivity index is 0. The van der Waals surface area contributed by atoms with Crippen LogP contribution in [0.15, 0.2) is 12.7 Å². The molecular formula is C6H11Au. The third-order valence-electron chi connectivity index (χ3n) is 0.658. The molecule has 0 aromatic rings. The molecule has 0 radical (unpaired) electrons. The zero-order valence-corrected chi connectivity index (χ0v) is 6.58. The molecule has 0 rings (SSSR count). The Morgan fingerprint density at radius 3 is 2.29 bits per heavy atom. The summed E-state index contributed by atoms with van der Waals surface area (Å²) in [7, 11) is 0. The number of unbranched alkanes of at least 4 members (excludes halogenated alkanes) is 2. The third kappa shape index (κ3) is 10.7. The van der Waals surface area contributed by atoms with E-state index in [9.17, 15) is 0 Å². The van der Waals surface area contributed by atoms with Gasteiger partial charge in [-0.15, -0.1) is 6.58 Å². The van der Waals surface area contributed by atoms with Gasteiger partial charge >= 0.3 is 22.4 Å². The van der Waals surface area contributed by atoms with Crippen LogP contribution in [0.1, 0.15) is 19.3 Å². The zero-order valence-electron chi connectivity index (χ0n) is 4.41. The maximum absolute atomic E-state index is 3.68. The summed E-state index contributed by atoms with van der Waals surface area (Å²) in [5.74, 6) is 0. The van der Waals surface area contributed by atoms with E-state index in [1.54, 1.807) is 0 Å². The van der Waals surface area contributed by atoms with Crippen LogP contribution in [0, 0.1) is 6.92 Å². The van der Waals surface area contributed by atoms with Crippen molar-refractivity contribution in [3.8, 4) is 0 Å². The van der Waals surface area contributed by atoms with Gasteiger partial charge in [0.05, 0.1) is 0 Å². The van der Waals surface area contributed by atoms with Crippen molar-refractivity contribution in [2.24, 2.45) is 0 Å². The monoisotopic (exact) mass is 280 g/mol. The van der Waals surface area contributed by atoms with Crippen molar-refractivity contribution in [2.45, 2.75) is 19.3 Å². The predicted molar refractivity (Wildman–Crippen MR) is 29.4 cm³/mol. The molecule has 0 aliphatic rings. The van der Waals surface area contributed by atoms with E-state index in [4.69, 9.17) is 0 Å². The smallest absolute Gasteiger partial charge is 0.343 e. The number of allylic oxidation sites excluding steroid dienone is 1. The molecular weight excluding hydrogens is 269 g/mol. The van der Waals surface area contributed by atoms with Crippen LogP contribution in [0.25, 0.3) is 0 Å². The Bertz CT molecular complexity index is 33.2. The number of rotatable bonds is 3. The minimum absolute atomic E-state index is 0. The average molecular weight is 280 g/mol. The summed E-state index contributed by atoms with van der Waals surface area (Å²) in [6, 6.07) is 0. The van der Waals surface area contributed by atoms with Crippen LogP contribution in [-0.2, 0) is 22.4 Å². The molecule has 0 amide bonds. The molecule has 0 aliphatic carbocycles. The molecule has 46 valence electrons. The van der Waals surface area contributed by atoms with Crippen LogP contribution in [-0.4, -0.2) is 0 Å². The summed E-state index contributed by atoms with van der Waals surface area (Å²) in [6.07, 6.45) is 5.25. The average Bonchev–Trinajstić information content (AvgIpc) is 1.61. The summed E-state index contributed by atoms with van der Waals surface area (Å²) < 4.78 is 0. The first kappa shape index (κ1) is 10.5. The fourth-order valence-electron chi connectivity index (χ4n) is 0.289. The molecule has 0 heterocycles. The normalized spacial score (nSPS) is 7.00. The number of hydrogen-bond donors (Lipinski definition) is 0. The summed E-state index contributed by atoms with van der Waals surface area (Å²) in [5.41, 5.74) is 0. The summed E-state index contributed by atoms with van der Waals surface area (Å²) in [5, 5.41) is 0. The van der Waals surface area contributed by atoms with Gasteiger partial charge in [-0.25, -0.2) is 0 Å². The first-order chi connectivity index (χ1) is 2.91. The van der Waals surface area contributed by atoms with E-state index in [2.05, 4.69) is 13.5 Å². The summed E-state index contributed by atoms with van der Waals surface area (Å²) in [4.78, 5) is 0. The van der Waals surface area contributed by atoms with Crippen molar-refractivity contribution >= 4 is 0 Å². The molecule has 0 bridgehead atoms. The second kappa shape index (κ2) is 9.70. The molecule has 0 saturated heterocycles. The molecule has 7 heavy (non-hydrogen) atoms. The zero-order chi connectivity index (χ0) is 4.83. The van der Waals surface area contributed by atoms with Crippen molar-refractivity contribution < 1.29 is 22.4 Å². The van der Waals surface area contributed by atoms with E-state index >= 15 is 0 Å². The molecule has 0 N–H and O–H groups in total. The maximum atomic E-state index is 3.68. The minimum atomic E-state index is 0. The fraction of sp³-hybridized carbons (Fsp3) is 0.500. The van der Waals surface area contributed by atoms with Gasteiger partial charge in [0.15, 0.2) is 0 Å². The van der Waals surface area contributed by atoms with E-state index in [1.807, 2.05) is 6.08 Å². The molecule has 0 aromatic carbocycles. The van der Waals surface area contributed by atoms with Crippen molar-refractivity contribution in [3.05, 3.63) is 19.6 Å². The number of hydrogen-bond acceptors (Lipinski definition) is 0. The van der Waals surface area contributed by atoms with Crippen LogP contribution in [0.2, 0.25) is 0 Å². The second-order valence-electron chi connectivity index (χ2n) is 1.28. The van der Waals surface area contributed by atoms with Crippen molar-refractivity contribution in [3.63, 3.8) is 0 Å². The fourth-order valence-corrected chi connectivity index (χ4v) is 0.289. The largest absolute Gasteiger partial charge is 1.00 e. The van der Waals surface area contributed by atoms with Gasteiger partial charge in [0, 0.05) is 0 Å². The van der Waals surface area contributed by atoms with Gasteiger partial charge in [0.2, 0.25) is 0 Å². The molecule has 0 atom stereocenters. The molecule has 0 fully saturated rings. The third-order valence-corrected chi connectivity index (χ3v) is 0.658. The first-order valence-corrected chi connectivity index (χ1v) is 2.32. The van der Waals surface area contributed by atoms with Crippen molar-refractivity contribution in [1.82, 2.24) is 0 Å². The molecule has 0 aliphatic heterocycles. The SMILES string of the molecule is C=CCCC[CH2-].[Au+]. The van der Waals surface area contributed by atoms with Crippen LogP contribution in [0.3, 0.4) is 0 Å². The molecule has 0 saturated carbocycles. The topological polar surface area (TPSA) is 0 Å². The van der Waals surface area contributed by atoms with E-state index in [1.165, 1.54) is 6.42 Å². The van der Waals surface area contributed by atoms with Gasteiger partial charge in [-0.3, -0.25) is 0 Å². The summed E-state index contributed by atoms with van der Waals surface area (Å²) >= 11 is 0. The van der Waals surface area contributed by atoms with E-state index in [-0.39, 0.29) is 22.4 Å². The molecule has 0 aromatic heterocycles. The van der Waals surface area contributed by atoms with Gasteiger partial charge in [0.25, 0.3) is 0 Å². The van der Waals surface area contributed by atoms with E-state index in [0.717, 1.165) is 12.8 Å². The first-order valence-electron chi connectivity index (χ1n) is 2.32. The Morgan fingerprint density at radius 2 is 2.14 bits per heavy atom. The Hall–Kier alpha value is 0.480. The standard InChI is InChI=1S/C6H11.Au/c1-3-5-6-4-2;/h3H,1-2,4-6H2;/q-1;+1. The van der Waals surface area contributed by atoms with Crippen LogP contribution >= 0.6 is 0 Å². The minimum Gasteiger partial charge on any atom is -0.343 e. The van der Waals surface area contributed by atoms with Gasteiger partial charge in [0.1, 0.15) is 0 Å². The molecule has 0 nitrogen and oxygen atoms in total.